The van der Waals surface area contributed by atoms with Gasteiger partial charge < -0.3 is 25.4 Å². The molecule has 1 fully saturated rings. The molecule has 38 heavy (non-hydrogen) atoms. The maximum Gasteiger partial charge on any atom is 0.408 e. The van der Waals surface area contributed by atoms with E-state index in [1.807, 2.05) is 0 Å². The molecule has 1 aliphatic carbocycles. The predicted octanol–water partition coefficient (Wildman–Crippen LogP) is 4.90. The van der Waals surface area contributed by atoms with E-state index in [2.05, 4.69) is 17.6 Å². The average Bonchev–Trinajstić information content (AvgIpc) is 2.89. The summed E-state index contributed by atoms with van der Waals surface area (Å²) in [6, 6.07) is 4.80. The first-order chi connectivity index (χ1) is 18.2. The van der Waals surface area contributed by atoms with Crippen LogP contribution < -0.4 is 10.6 Å². The Labute approximate surface area is 230 Å². The molecule has 3 amide bonds. The lowest BCUT2D eigenvalue weighted by Gasteiger charge is -2.31. The summed E-state index contributed by atoms with van der Waals surface area (Å²) in [5.74, 6) is -1.70. The van der Waals surface area contributed by atoms with Crippen LogP contribution >= 0.6 is 11.6 Å². The van der Waals surface area contributed by atoms with Gasteiger partial charge >= 0.3 is 12.1 Å². The standard InChI is InChI=1S/C28H42ClN3O6/c1-3-4-8-16-30-25(33)15-14-24(27(35)36)32(2)26(34)23(18-20-10-6-5-7-11-20)31-28(37)38-19-21-12-9-13-22(29)17-21/h9,12-13,17,20,23-24H,3-8,10-11,14-16,18-19H2,1-2H3,(H,30,33)(H,31,37)(H,35,36)/t23-,24-/m0/s1. The summed E-state index contributed by atoms with van der Waals surface area (Å²) in [4.78, 5) is 51.5. The van der Waals surface area contributed by atoms with Crippen LogP contribution in [0.15, 0.2) is 24.3 Å². The van der Waals surface area contributed by atoms with Gasteiger partial charge in [0, 0.05) is 25.0 Å². The number of aliphatic carboxylic acids is 1. The normalized spacial score (nSPS) is 15.2. The van der Waals surface area contributed by atoms with E-state index in [4.69, 9.17) is 16.3 Å². The zero-order valence-electron chi connectivity index (χ0n) is 22.5. The highest BCUT2D eigenvalue weighted by atomic mass is 35.5. The van der Waals surface area contributed by atoms with E-state index in [1.165, 1.54) is 7.05 Å². The highest BCUT2D eigenvalue weighted by Crippen LogP contribution is 2.28. The zero-order valence-corrected chi connectivity index (χ0v) is 23.3. The number of hydrogen-bond donors (Lipinski definition) is 3. The molecule has 0 saturated heterocycles. The molecule has 0 heterocycles. The fourth-order valence-corrected chi connectivity index (χ4v) is 4.99. The molecule has 9 nitrogen and oxygen atoms in total. The number of amides is 3. The summed E-state index contributed by atoms with van der Waals surface area (Å²) in [6.07, 6.45) is 7.69. The molecule has 212 valence electrons. The number of halogens is 1. The van der Waals surface area contributed by atoms with Crippen molar-refractivity contribution in [2.75, 3.05) is 13.6 Å². The summed E-state index contributed by atoms with van der Waals surface area (Å²) in [5, 5.41) is 15.8. The molecule has 1 aliphatic rings. The second-order valence-electron chi connectivity index (χ2n) is 10.0. The van der Waals surface area contributed by atoms with E-state index >= 15 is 0 Å². The molecule has 1 saturated carbocycles. The van der Waals surface area contributed by atoms with Crippen molar-refractivity contribution in [3.8, 4) is 0 Å². The van der Waals surface area contributed by atoms with Crippen molar-refractivity contribution in [3.63, 3.8) is 0 Å². The molecule has 0 bridgehead atoms. The minimum Gasteiger partial charge on any atom is -0.480 e. The van der Waals surface area contributed by atoms with Gasteiger partial charge in [0.1, 0.15) is 18.7 Å². The Morgan fingerprint density at radius 3 is 2.55 bits per heavy atom. The van der Waals surface area contributed by atoms with E-state index in [-0.39, 0.29) is 31.3 Å². The molecule has 0 radical (unpaired) electrons. The maximum atomic E-state index is 13.5. The summed E-state index contributed by atoms with van der Waals surface area (Å²) < 4.78 is 5.33. The molecule has 1 aromatic carbocycles. The fourth-order valence-electron chi connectivity index (χ4n) is 4.78. The number of benzene rings is 1. The largest absolute Gasteiger partial charge is 0.480 e. The van der Waals surface area contributed by atoms with Gasteiger partial charge in [-0.3, -0.25) is 9.59 Å². The Kier molecular flexibility index (Phi) is 14.0. The summed E-state index contributed by atoms with van der Waals surface area (Å²) >= 11 is 5.99. The molecule has 0 aromatic heterocycles. The lowest BCUT2D eigenvalue weighted by atomic mass is 9.84. The number of carbonyl (C=O) groups excluding carboxylic acids is 3. The van der Waals surface area contributed by atoms with E-state index in [0.29, 0.717) is 23.6 Å². The third kappa shape index (κ3) is 11.3. The zero-order chi connectivity index (χ0) is 27.9. The van der Waals surface area contributed by atoms with Crippen molar-refractivity contribution < 1.29 is 29.0 Å². The van der Waals surface area contributed by atoms with Gasteiger partial charge in [-0.25, -0.2) is 9.59 Å². The van der Waals surface area contributed by atoms with Gasteiger partial charge in [0.05, 0.1) is 0 Å². The fraction of sp³-hybridized carbons (Fsp3) is 0.643. The van der Waals surface area contributed by atoms with Gasteiger partial charge in [-0.2, -0.15) is 0 Å². The van der Waals surface area contributed by atoms with Gasteiger partial charge in [-0.15, -0.1) is 0 Å². The number of nitrogens with one attached hydrogen (secondary N) is 2. The molecule has 0 unspecified atom stereocenters. The van der Waals surface area contributed by atoms with Crippen LogP contribution in [-0.4, -0.2) is 59.6 Å². The monoisotopic (exact) mass is 551 g/mol. The van der Waals surface area contributed by atoms with Crippen LogP contribution in [0.25, 0.3) is 0 Å². The Morgan fingerprint density at radius 1 is 1.16 bits per heavy atom. The Bertz CT molecular complexity index is 922. The molecule has 10 heteroatoms. The third-order valence-corrected chi connectivity index (χ3v) is 7.23. The van der Waals surface area contributed by atoms with Gasteiger partial charge in [0.25, 0.3) is 0 Å². The first-order valence-electron chi connectivity index (χ1n) is 13.6. The molecular weight excluding hydrogens is 510 g/mol. The molecule has 0 spiro atoms. The van der Waals surface area contributed by atoms with Crippen molar-refractivity contribution in [1.82, 2.24) is 15.5 Å². The van der Waals surface area contributed by atoms with Crippen LogP contribution in [0.2, 0.25) is 5.02 Å². The summed E-state index contributed by atoms with van der Waals surface area (Å²) in [6.45, 7) is 2.60. The molecule has 1 aromatic rings. The van der Waals surface area contributed by atoms with Crippen LogP contribution in [0.5, 0.6) is 0 Å². The van der Waals surface area contributed by atoms with Crippen LogP contribution in [0.1, 0.15) is 83.1 Å². The highest BCUT2D eigenvalue weighted by Gasteiger charge is 2.34. The predicted molar refractivity (Wildman–Crippen MR) is 146 cm³/mol. The summed E-state index contributed by atoms with van der Waals surface area (Å²) in [5.41, 5.74) is 0.707. The molecule has 0 aliphatic heterocycles. The first-order valence-corrected chi connectivity index (χ1v) is 14.0. The molecular formula is C28H42ClN3O6. The smallest absolute Gasteiger partial charge is 0.408 e. The van der Waals surface area contributed by atoms with Crippen molar-refractivity contribution in [3.05, 3.63) is 34.9 Å². The molecule has 2 atom stereocenters. The Balaban J connectivity index is 2.02. The Morgan fingerprint density at radius 2 is 1.89 bits per heavy atom. The van der Waals surface area contributed by atoms with Gasteiger partial charge in [0.15, 0.2) is 0 Å². The minimum absolute atomic E-state index is 0.0108. The number of unbranched alkanes of at least 4 members (excludes halogenated alkanes) is 2. The number of likely N-dealkylation sites (N-methyl/N-ethyl adjacent to an activating group) is 1. The second-order valence-corrected chi connectivity index (χ2v) is 10.5. The number of ether oxygens (including phenoxy) is 1. The van der Waals surface area contributed by atoms with Crippen LogP contribution in [-0.2, 0) is 25.7 Å². The highest BCUT2D eigenvalue weighted by molar-refractivity contribution is 6.30. The van der Waals surface area contributed by atoms with Crippen LogP contribution in [0.3, 0.4) is 0 Å². The number of hydrogen-bond acceptors (Lipinski definition) is 5. The van der Waals surface area contributed by atoms with Crippen molar-refractivity contribution in [2.24, 2.45) is 5.92 Å². The molecule has 2 rings (SSSR count). The number of alkyl carbamates (subject to hydrolysis) is 1. The third-order valence-electron chi connectivity index (χ3n) is 6.99. The van der Waals surface area contributed by atoms with Crippen LogP contribution in [0, 0.1) is 5.92 Å². The number of carboxylic acid groups (broad SMARTS) is 1. The number of rotatable bonds is 15. The number of carbonyl (C=O) groups is 4. The van der Waals surface area contributed by atoms with E-state index in [9.17, 15) is 24.3 Å². The molecule has 3 N–H and O–H groups in total. The van der Waals surface area contributed by atoms with Crippen molar-refractivity contribution in [1.29, 1.82) is 0 Å². The maximum absolute atomic E-state index is 13.5. The average molecular weight is 552 g/mol. The van der Waals surface area contributed by atoms with E-state index in [1.54, 1.807) is 24.3 Å². The van der Waals surface area contributed by atoms with Crippen molar-refractivity contribution >= 4 is 35.5 Å². The first kappa shape index (κ1) is 31.4. The van der Waals surface area contributed by atoms with E-state index < -0.39 is 30.1 Å². The SMILES string of the molecule is CCCCCNC(=O)CC[C@@H](C(=O)O)N(C)C(=O)[C@H](CC1CCCCC1)NC(=O)OCc1cccc(Cl)c1. The number of nitrogens with zero attached hydrogens (tertiary/aromatic N) is 1. The lowest BCUT2D eigenvalue weighted by molar-refractivity contribution is -0.150. The minimum atomic E-state index is -1.19. The Hall–Kier alpha value is -2.81. The quantitative estimate of drug-likeness (QED) is 0.266. The number of carboxylic acids is 1. The summed E-state index contributed by atoms with van der Waals surface area (Å²) in [7, 11) is 1.41. The second kappa shape index (κ2) is 16.9. The van der Waals surface area contributed by atoms with Gasteiger partial charge in [-0.1, -0.05) is 75.6 Å². The van der Waals surface area contributed by atoms with Crippen LogP contribution in [0.4, 0.5) is 4.79 Å². The van der Waals surface area contributed by atoms with E-state index in [0.717, 1.165) is 56.3 Å². The van der Waals surface area contributed by atoms with Gasteiger partial charge in [0.2, 0.25) is 11.8 Å². The van der Waals surface area contributed by atoms with Crippen molar-refractivity contribution in [2.45, 2.75) is 96.2 Å². The van der Waals surface area contributed by atoms with Gasteiger partial charge in [-0.05, 0) is 42.9 Å². The lowest BCUT2D eigenvalue weighted by Crippen LogP contribution is -2.53. The topological polar surface area (TPSA) is 125 Å².